The molecule has 0 bridgehead atoms. The zero-order chi connectivity index (χ0) is 16.9. The predicted octanol–water partition coefficient (Wildman–Crippen LogP) is 5.83. The van der Waals surface area contributed by atoms with Gasteiger partial charge in [-0.3, -0.25) is 0 Å². The van der Waals surface area contributed by atoms with Crippen LogP contribution in [0.25, 0.3) is 0 Å². The standard InChI is InChI=1S/C20H28O2Si/c1-20(2,3)23(4,5)21-16-19(17-12-8-6-9-13-17)22-18-14-10-7-11-15-18/h6-15,19H,16H2,1-5H3. The number of ether oxygens (including phenoxy) is 1. The minimum atomic E-state index is -1.80. The molecule has 23 heavy (non-hydrogen) atoms. The van der Waals surface area contributed by atoms with Gasteiger partial charge in [0.25, 0.3) is 0 Å². The summed E-state index contributed by atoms with van der Waals surface area (Å²) in [6.45, 7) is 11.9. The second-order valence-corrected chi connectivity index (χ2v) is 12.2. The van der Waals surface area contributed by atoms with E-state index in [-0.39, 0.29) is 11.1 Å². The van der Waals surface area contributed by atoms with Crippen molar-refractivity contribution in [2.75, 3.05) is 6.61 Å². The molecule has 0 aliphatic rings. The van der Waals surface area contributed by atoms with E-state index in [1.54, 1.807) is 0 Å². The predicted molar refractivity (Wildman–Crippen MR) is 99.4 cm³/mol. The highest BCUT2D eigenvalue weighted by atomic mass is 28.4. The molecule has 124 valence electrons. The maximum atomic E-state index is 6.40. The molecule has 0 radical (unpaired) electrons. The van der Waals surface area contributed by atoms with Crippen molar-refractivity contribution in [3.8, 4) is 5.75 Å². The molecule has 2 nitrogen and oxygen atoms in total. The smallest absolute Gasteiger partial charge is 0.192 e. The van der Waals surface area contributed by atoms with Crippen molar-refractivity contribution in [2.24, 2.45) is 0 Å². The zero-order valence-corrected chi connectivity index (χ0v) is 15.9. The van der Waals surface area contributed by atoms with Gasteiger partial charge in [0, 0.05) is 0 Å². The first-order valence-corrected chi connectivity index (χ1v) is 11.1. The van der Waals surface area contributed by atoms with Crippen molar-refractivity contribution in [1.82, 2.24) is 0 Å². The summed E-state index contributed by atoms with van der Waals surface area (Å²) in [7, 11) is -1.80. The molecule has 3 heteroatoms. The summed E-state index contributed by atoms with van der Waals surface area (Å²) in [5.74, 6) is 0.875. The van der Waals surface area contributed by atoms with Crippen LogP contribution in [0.4, 0.5) is 0 Å². The first-order chi connectivity index (χ1) is 10.8. The van der Waals surface area contributed by atoms with E-state index in [4.69, 9.17) is 9.16 Å². The van der Waals surface area contributed by atoms with Gasteiger partial charge in [0.05, 0.1) is 6.61 Å². The van der Waals surface area contributed by atoms with Crippen molar-refractivity contribution in [3.63, 3.8) is 0 Å². The van der Waals surface area contributed by atoms with Crippen LogP contribution in [0.2, 0.25) is 18.1 Å². The highest BCUT2D eigenvalue weighted by molar-refractivity contribution is 6.74. The minimum Gasteiger partial charge on any atom is -0.483 e. The van der Waals surface area contributed by atoms with E-state index in [2.05, 4.69) is 46.0 Å². The average molecular weight is 329 g/mol. The topological polar surface area (TPSA) is 18.5 Å². The van der Waals surface area contributed by atoms with Gasteiger partial charge in [-0.05, 0) is 35.8 Å². The first kappa shape index (κ1) is 17.8. The van der Waals surface area contributed by atoms with Gasteiger partial charge in [-0.25, -0.2) is 0 Å². The normalized spacial score (nSPS) is 13.6. The second kappa shape index (κ2) is 7.32. The summed E-state index contributed by atoms with van der Waals surface area (Å²) in [5, 5.41) is 0.195. The molecular weight excluding hydrogens is 300 g/mol. The highest BCUT2D eigenvalue weighted by Gasteiger charge is 2.37. The number of benzene rings is 2. The summed E-state index contributed by atoms with van der Waals surface area (Å²) < 4.78 is 12.6. The Labute approximate surface area is 141 Å². The van der Waals surface area contributed by atoms with E-state index >= 15 is 0 Å². The van der Waals surface area contributed by atoms with Crippen LogP contribution in [0.1, 0.15) is 32.4 Å². The molecule has 0 amide bonds. The first-order valence-electron chi connectivity index (χ1n) is 8.20. The summed E-state index contributed by atoms with van der Waals surface area (Å²) >= 11 is 0. The third-order valence-electron chi connectivity index (χ3n) is 4.59. The maximum Gasteiger partial charge on any atom is 0.192 e. The number of hydrogen-bond donors (Lipinski definition) is 0. The number of para-hydroxylation sites is 1. The minimum absolute atomic E-state index is 0.0901. The quantitative estimate of drug-likeness (QED) is 0.621. The lowest BCUT2D eigenvalue weighted by atomic mass is 10.1. The Balaban J connectivity index is 2.15. The summed E-state index contributed by atoms with van der Waals surface area (Å²) in [6.07, 6.45) is -0.0901. The Kier molecular flexibility index (Phi) is 5.66. The molecule has 2 aromatic rings. The average Bonchev–Trinajstić information content (AvgIpc) is 2.52. The van der Waals surface area contributed by atoms with Crippen molar-refractivity contribution in [3.05, 3.63) is 66.2 Å². The Morgan fingerprint density at radius 3 is 1.91 bits per heavy atom. The van der Waals surface area contributed by atoms with E-state index in [0.29, 0.717) is 6.61 Å². The lowest BCUT2D eigenvalue weighted by molar-refractivity contribution is 0.121. The Morgan fingerprint density at radius 2 is 1.39 bits per heavy atom. The van der Waals surface area contributed by atoms with Crippen molar-refractivity contribution < 1.29 is 9.16 Å². The molecule has 0 aliphatic heterocycles. The molecule has 0 N–H and O–H groups in total. The van der Waals surface area contributed by atoms with E-state index in [1.165, 1.54) is 0 Å². The van der Waals surface area contributed by atoms with Crippen LogP contribution in [0.15, 0.2) is 60.7 Å². The molecular formula is C20H28O2Si. The van der Waals surface area contributed by atoms with Crippen LogP contribution in [-0.2, 0) is 4.43 Å². The third kappa shape index (κ3) is 4.95. The molecule has 0 spiro atoms. The Morgan fingerprint density at radius 1 is 0.870 bits per heavy atom. The van der Waals surface area contributed by atoms with Crippen LogP contribution in [0.5, 0.6) is 5.75 Å². The number of hydrogen-bond acceptors (Lipinski definition) is 2. The van der Waals surface area contributed by atoms with Gasteiger partial charge >= 0.3 is 0 Å². The molecule has 0 heterocycles. The van der Waals surface area contributed by atoms with E-state index in [0.717, 1.165) is 11.3 Å². The van der Waals surface area contributed by atoms with Crippen molar-refractivity contribution in [1.29, 1.82) is 0 Å². The molecule has 2 rings (SSSR count). The van der Waals surface area contributed by atoms with Crippen LogP contribution < -0.4 is 4.74 Å². The Hall–Kier alpha value is -1.58. The SMILES string of the molecule is CC(C)(C)[Si](C)(C)OCC(Oc1ccccc1)c1ccccc1. The van der Waals surface area contributed by atoms with Crippen LogP contribution in [0.3, 0.4) is 0 Å². The van der Waals surface area contributed by atoms with Gasteiger partial charge in [0.2, 0.25) is 0 Å². The van der Waals surface area contributed by atoms with Gasteiger partial charge in [-0.1, -0.05) is 69.3 Å². The van der Waals surface area contributed by atoms with Crippen LogP contribution in [0, 0.1) is 0 Å². The van der Waals surface area contributed by atoms with E-state index in [9.17, 15) is 0 Å². The largest absolute Gasteiger partial charge is 0.483 e. The molecule has 1 unspecified atom stereocenters. The van der Waals surface area contributed by atoms with Crippen molar-refractivity contribution in [2.45, 2.75) is 45.0 Å². The van der Waals surface area contributed by atoms with E-state index in [1.807, 2.05) is 48.5 Å². The highest BCUT2D eigenvalue weighted by Crippen LogP contribution is 2.37. The van der Waals surface area contributed by atoms with Crippen molar-refractivity contribution >= 4 is 8.32 Å². The number of rotatable bonds is 6. The van der Waals surface area contributed by atoms with Gasteiger partial charge < -0.3 is 9.16 Å². The molecule has 0 fully saturated rings. The summed E-state index contributed by atoms with van der Waals surface area (Å²) in [6, 6.07) is 20.3. The second-order valence-electron chi connectivity index (χ2n) is 7.40. The lowest BCUT2D eigenvalue weighted by Crippen LogP contribution is -2.42. The fourth-order valence-electron chi connectivity index (χ4n) is 2.03. The molecule has 0 saturated heterocycles. The van der Waals surface area contributed by atoms with Gasteiger partial charge in [-0.2, -0.15) is 0 Å². The van der Waals surface area contributed by atoms with Crippen LogP contribution in [-0.4, -0.2) is 14.9 Å². The van der Waals surface area contributed by atoms with Gasteiger partial charge in [0.1, 0.15) is 11.9 Å². The molecule has 0 saturated carbocycles. The molecule has 2 aromatic carbocycles. The fraction of sp³-hybridized carbons (Fsp3) is 0.400. The van der Waals surface area contributed by atoms with Gasteiger partial charge in [0.15, 0.2) is 8.32 Å². The zero-order valence-electron chi connectivity index (χ0n) is 14.9. The fourth-order valence-corrected chi connectivity index (χ4v) is 3.03. The summed E-state index contributed by atoms with van der Waals surface area (Å²) in [5.41, 5.74) is 1.15. The summed E-state index contributed by atoms with van der Waals surface area (Å²) in [4.78, 5) is 0. The molecule has 0 aromatic heterocycles. The van der Waals surface area contributed by atoms with Crippen LogP contribution >= 0.6 is 0 Å². The lowest BCUT2D eigenvalue weighted by Gasteiger charge is -2.37. The van der Waals surface area contributed by atoms with E-state index < -0.39 is 8.32 Å². The third-order valence-corrected chi connectivity index (χ3v) is 9.10. The molecule has 1 atom stereocenters. The maximum absolute atomic E-state index is 6.40. The van der Waals surface area contributed by atoms with Gasteiger partial charge in [-0.15, -0.1) is 0 Å². The Bertz CT molecular complexity index is 588. The molecule has 0 aliphatic carbocycles. The monoisotopic (exact) mass is 328 g/mol.